The van der Waals surface area contributed by atoms with Crippen molar-refractivity contribution in [2.24, 2.45) is 0 Å². The van der Waals surface area contributed by atoms with Crippen LogP contribution in [0.3, 0.4) is 0 Å². The number of rotatable bonds is 6. The molecular weight excluding hydrogens is 375 g/mol. The Morgan fingerprint density at radius 2 is 1.78 bits per heavy atom. The van der Waals surface area contributed by atoms with Crippen molar-refractivity contribution in [3.63, 3.8) is 0 Å². The van der Waals surface area contributed by atoms with Gasteiger partial charge in [-0.1, -0.05) is 30.0 Å². The van der Waals surface area contributed by atoms with Crippen LogP contribution in [0.4, 0.5) is 13.2 Å². The molecule has 0 saturated carbocycles. The molecule has 0 amide bonds. The molecule has 0 radical (unpaired) electrons. The number of H-pyrrole nitrogens is 1. The van der Waals surface area contributed by atoms with E-state index in [-0.39, 0.29) is 11.4 Å². The van der Waals surface area contributed by atoms with Gasteiger partial charge in [-0.05, 0) is 42.8 Å². The Morgan fingerprint density at radius 1 is 1.07 bits per heavy atom. The van der Waals surface area contributed by atoms with Crippen molar-refractivity contribution in [3.8, 4) is 0 Å². The lowest BCUT2D eigenvalue weighted by Gasteiger charge is -2.08. The summed E-state index contributed by atoms with van der Waals surface area (Å²) in [4.78, 5) is 16.6. The lowest BCUT2D eigenvalue weighted by Crippen LogP contribution is -2.15. The van der Waals surface area contributed by atoms with Crippen LogP contribution in [0.1, 0.15) is 28.7 Å². The molecule has 0 aliphatic rings. The first-order valence-electron chi connectivity index (χ1n) is 7.94. The lowest BCUT2D eigenvalue weighted by atomic mass is 10.1. The summed E-state index contributed by atoms with van der Waals surface area (Å²) in [6.45, 7) is 1.60. The number of hydrogen-bond donors (Lipinski definition) is 1. The van der Waals surface area contributed by atoms with Gasteiger partial charge in [0.1, 0.15) is 23.3 Å². The Kier molecular flexibility index (Phi) is 5.75. The first kappa shape index (κ1) is 18.9. The van der Waals surface area contributed by atoms with Gasteiger partial charge in [-0.3, -0.25) is 9.89 Å². The molecule has 0 spiro atoms. The van der Waals surface area contributed by atoms with Gasteiger partial charge in [0.05, 0.1) is 10.8 Å². The van der Waals surface area contributed by atoms with E-state index in [4.69, 9.17) is 0 Å². The molecular formula is C19H14F3N3OS. The standard InChI is InChI=1S/C19H14F3N3OS/c1-11(18(26)15-8-7-14(21)10-16(15)22)27-19-23-17(24-25-19)9-4-12-2-5-13(20)6-3-12/h2-11H,1H3,(H,23,24,25)/b9-4+. The van der Waals surface area contributed by atoms with Crippen LogP contribution in [0, 0.1) is 17.5 Å². The van der Waals surface area contributed by atoms with Crippen molar-refractivity contribution in [1.82, 2.24) is 15.2 Å². The summed E-state index contributed by atoms with van der Waals surface area (Å²) in [6.07, 6.45) is 3.40. The Labute approximate surface area is 157 Å². The average molecular weight is 389 g/mol. The summed E-state index contributed by atoms with van der Waals surface area (Å²) in [7, 11) is 0. The van der Waals surface area contributed by atoms with E-state index in [9.17, 15) is 18.0 Å². The fourth-order valence-electron chi connectivity index (χ4n) is 2.25. The molecule has 0 saturated heterocycles. The zero-order valence-corrected chi connectivity index (χ0v) is 14.9. The van der Waals surface area contributed by atoms with Crippen molar-refractivity contribution < 1.29 is 18.0 Å². The first-order valence-corrected chi connectivity index (χ1v) is 8.82. The smallest absolute Gasteiger partial charge is 0.209 e. The van der Waals surface area contributed by atoms with Crippen LogP contribution >= 0.6 is 11.8 Å². The monoisotopic (exact) mass is 389 g/mol. The second-order valence-electron chi connectivity index (χ2n) is 5.64. The number of halogens is 3. The Hall–Kier alpha value is -2.87. The molecule has 1 atom stereocenters. The molecule has 8 heteroatoms. The van der Waals surface area contributed by atoms with Crippen molar-refractivity contribution >= 4 is 29.7 Å². The fourth-order valence-corrected chi connectivity index (χ4v) is 3.05. The molecule has 4 nitrogen and oxygen atoms in total. The summed E-state index contributed by atoms with van der Waals surface area (Å²) in [6, 6.07) is 8.78. The minimum absolute atomic E-state index is 0.177. The number of aromatic amines is 1. The van der Waals surface area contributed by atoms with E-state index >= 15 is 0 Å². The number of nitrogens with zero attached hydrogens (tertiary/aromatic N) is 2. The summed E-state index contributed by atoms with van der Waals surface area (Å²) >= 11 is 1.06. The second-order valence-corrected chi connectivity index (χ2v) is 6.94. The van der Waals surface area contributed by atoms with E-state index < -0.39 is 22.7 Å². The maximum atomic E-state index is 13.8. The molecule has 0 aliphatic carbocycles. The van der Waals surface area contributed by atoms with Crippen LogP contribution in [0.15, 0.2) is 47.6 Å². The van der Waals surface area contributed by atoms with Gasteiger partial charge in [-0.25, -0.2) is 18.2 Å². The van der Waals surface area contributed by atoms with Crippen LogP contribution in [0.2, 0.25) is 0 Å². The van der Waals surface area contributed by atoms with Crippen LogP contribution in [0.25, 0.3) is 12.2 Å². The maximum absolute atomic E-state index is 13.8. The van der Waals surface area contributed by atoms with Gasteiger partial charge in [-0.15, -0.1) is 5.10 Å². The lowest BCUT2D eigenvalue weighted by molar-refractivity contribution is 0.0990. The number of benzene rings is 2. The molecule has 0 aliphatic heterocycles. The zero-order valence-electron chi connectivity index (χ0n) is 14.1. The van der Waals surface area contributed by atoms with E-state index in [0.717, 1.165) is 29.5 Å². The highest BCUT2D eigenvalue weighted by Crippen LogP contribution is 2.24. The van der Waals surface area contributed by atoms with E-state index in [1.807, 2.05) is 0 Å². The zero-order chi connectivity index (χ0) is 19.4. The van der Waals surface area contributed by atoms with E-state index in [1.165, 1.54) is 12.1 Å². The molecule has 27 heavy (non-hydrogen) atoms. The van der Waals surface area contributed by atoms with E-state index in [1.54, 1.807) is 31.2 Å². The summed E-state index contributed by atoms with van der Waals surface area (Å²) < 4.78 is 39.6. The second kappa shape index (κ2) is 8.22. The molecule has 138 valence electrons. The third-order valence-corrected chi connectivity index (χ3v) is 4.59. The van der Waals surface area contributed by atoms with Crippen LogP contribution < -0.4 is 0 Å². The Bertz CT molecular complexity index is 986. The van der Waals surface area contributed by atoms with Gasteiger partial charge in [-0.2, -0.15) is 0 Å². The fraction of sp³-hybridized carbons (Fsp3) is 0.105. The van der Waals surface area contributed by atoms with Gasteiger partial charge in [0.25, 0.3) is 0 Å². The van der Waals surface area contributed by atoms with Gasteiger partial charge < -0.3 is 0 Å². The molecule has 0 fully saturated rings. The van der Waals surface area contributed by atoms with Crippen LogP contribution in [-0.4, -0.2) is 26.2 Å². The van der Waals surface area contributed by atoms with Crippen LogP contribution in [0.5, 0.6) is 0 Å². The topological polar surface area (TPSA) is 58.6 Å². The predicted molar refractivity (Wildman–Crippen MR) is 97.7 cm³/mol. The summed E-state index contributed by atoms with van der Waals surface area (Å²) in [5, 5.41) is 6.38. The van der Waals surface area contributed by atoms with Crippen molar-refractivity contribution in [1.29, 1.82) is 0 Å². The number of nitrogens with one attached hydrogen (secondary N) is 1. The summed E-state index contributed by atoms with van der Waals surface area (Å²) in [5.74, 6) is -1.98. The maximum Gasteiger partial charge on any atom is 0.209 e. The van der Waals surface area contributed by atoms with E-state index in [0.29, 0.717) is 17.0 Å². The predicted octanol–water partition coefficient (Wildman–Crippen LogP) is 4.76. The largest absolute Gasteiger partial charge is 0.293 e. The van der Waals surface area contributed by atoms with Gasteiger partial charge in [0, 0.05) is 6.07 Å². The highest BCUT2D eigenvalue weighted by molar-refractivity contribution is 8.00. The molecule has 0 bridgehead atoms. The normalized spacial score (nSPS) is 12.4. The first-order chi connectivity index (χ1) is 12.9. The van der Waals surface area contributed by atoms with Crippen molar-refractivity contribution in [2.45, 2.75) is 17.3 Å². The van der Waals surface area contributed by atoms with Crippen molar-refractivity contribution in [3.05, 3.63) is 76.9 Å². The highest BCUT2D eigenvalue weighted by atomic mass is 32.2. The number of ketones is 1. The van der Waals surface area contributed by atoms with Crippen LogP contribution in [-0.2, 0) is 0 Å². The minimum Gasteiger partial charge on any atom is -0.293 e. The number of carbonyl (C=O) groups is 1. The Morgan fingerprint density at radius 3 is 2.48 bits per heavy atom. The molecule has 3 rings (SSSR count). The number of Topliss-reactive ketones (excluding diaryl/α,β-unsaturated/α-hetero) is 1. The quantitative estimate of drug-likeness (QED) is 0.488. The van der Waals surface area contributed by atoms with Crippen molar-refractivity contribution in [2.75, 3.05) is 0 Å². The molecule has 1 N–H and O–H groups in total. The summed E-state index contributed by atoms with van der Waals surface area (Å²) in [5.41, 5.74) is 0.612. The number of aromatic nitrogens is 3. The van der Waals surface area contributed by atoms with Gasteiger partial charge in [0.15, 0.2) is 5.78 Å². The average Bonchev–Trinajstić information content (AvgIpc) is 3.08. The van der Waals surface area contributed by atoms with Gasteiger partial charge in [0.2, 0.25) is 5.16 Å². The third kappa shape index (κ3) is 4.85. The molecule has 1 aromatic heterocycles. The number of carbonyl (C=O) groups excluding carboxylic acids is 1. The third-order valence-electron chi connectivity index (χ3n) is 3.63. The molecule has 3 aromatic rings. The van der Waals surface area contributed by atoms with Gasteiger partial charge >= 0.3 is 0 Å². The number of thioether (sulfide) groups is 1. The molecule has 2 aromatic carbocycles. The van der Waals surface area contributed by atoms with E-state index in [2.05, 4.69) is 15.2 Å². The minimum atomic E-state index is -0.898. The molecule has 1 heterocycles. The highest BCUT2D eigenvalue weighted by Gasteiger charge is 2.21. The SMILES string of the molecule is CC(Sc1n[nH]c(/C=C/c2ccc(F)cc2)n1)C(=O)c1ccc(F)cc1F. The Balaban J connectivity index is 1.66. The molecule has 1 unspecified atom stereocenters. The number of hydrogen-bond acceptors (Lipinski definition) is 4.